The van der Waals surface area contributed by atoms with E-state index in [0.29, 0.717) is 23.1 Å². The van der Waals surface area contributed by atoms with Crippen molar-refractivity contribution in [2.45, 2.75) is 20.8 Å². The summed E-state index contributed by atoms with van der Waals surface area (Å²) in [6.45, 7) is 6.05. The fourth-order valence-corrected chi connectivity index (χ4v) is 2.07. The summed E-state index contributed by atoms with van der Waals surface area (Å²) in [6.07, 6.45) is 0. The summed E-state index contributed by atoms with van der Waals surface area (Å²) in [5, 5.41) is 3.56. The van der Waals surface area contributed by atoms with E-state index in [2.05, 4.69) is 15.3 Å². The van der Waals surface area contributed by atoms with Gasteiger partial charge >= 0.3 is 0 Å². The highest BCUT2D eigenvalue weighted by atomic mass is 35.5. The first-order valence-corrected chi connectivity index (χ1v) is 6.45. The van der Waals surface area contributed by atoms with E-state index in [1.54, 1.807) is 13.0 Å². The first-order chi connectivity index (χ1) is 9.02. The smallest absolute Gasteiger partial charge is 0.186 e. The summed E-state index contributed by atoms with van der Waals surface area (Å²) >= 11 is 5.93. The monoisotopic (exact) mass is 279 g/mol. The Morgan fingerprint density at radius 1 is 1.26 bits per heavy atom. The van der Waals surface area contributed by atoms with Gasteiger partial charge in [0.1, 0.15) is 0 Å². The molecule has 0 saturated carbocycles. The maximum Gasteiger partial charge on any atom is 0.186 e. The molecule has 2 aromatic rings. The minimum absolute atomic E-state index is 0.236. The second-order valence-electron chi connectivity index (χ2n) is 4.28. The van der Waals surface area contributed by atoms with Gasteiger partial charge in [0.05, 0.1) is 5.69 Å². The number of hydrogen-bond donors (Lipinski definition) is 1. The van der Waals surface area contributed by atoms with Gasteiger partial charge in [-0.25, -0.2) is 14.4 Å². The van der Waals surface area contributed by atoms with Crippen LogP contribution in [0.3, 0.4) is 0 Å². The van der Waals surface area contributed by atoms with Gasteiger partial charge in [-0.3, -0.25) is 0 Å². The zero-order valence-electron chi connectivity index (χ0n) is 11.1. The lowest BCUT2D eigenvalue weighted by molar-refractivity contribution is 0.606. The van der Waals surface area contributed by atoms with Crippen molar-refractivity contribution in [1.82, 2.24) is 9.97 Å². The third-order valence-electron chi connectivity index (χ3n) is 2.79. The molecule has 0 spiro atoms. The van der Waals surface area contributed by atoms with E-state index in [1.165, 1.54) is 0 Å². The standard InChI is InChI=1S/C14H15ClFN3/c1-4-17-14-12(16)9(3)18-13(19-14)11-6-5-10(15)7-8(11)2/h5-7H,4H2,1-3H3,(H,17,18,19). The van der Waals surface area contributed by atoms with Crippen molar-refractivity contribution < 1.29 is 4.39 Å². The zero-order valence-corrected chi connectivity index (χ0v) is 11.8. The van der Waals surface area contributed by atoms with Crippen molar-refractivity contribution in [2.75, 3.05) is 11.9 Å². The number of anilines is 1. The topological polar surface area (TPSA) is 37.8 Å². The Bertz CT molecular complexity index is 614. The number of rotatable bonds is 3. The Balaban J connectivity index is 2.56. The Hall–Kier alpha value is -1.68. The predicted molar refractivity (Wildman–Crippen MR) is 76.1 cm³/mol. The molecular weight excluding hydrogens is 265 g/mol. The number of benzene rings is 1. The molecule has 0 aliphatic heterocycles. The highest BCUT2D eigenvalue weighted by Crippen LogP contribution is 2.25. The van der Waals surface area contributed by atoms with Crippen LogP contribution in [0.15, 0.2) is 18.2 Å². The minimum atomic E-state index is -0.405. The maximum absolute atomic E-state index is 13.8. The van der Waals surface area contributed by atoms with E-state index in [-0.39, 0.29) is 5.82 Å². The van der Waals surface area contributed by atoms with Crippen LogP contribution in [0.5, 0.6) is 0 Å². The maximum atomic E-state index is 13.8. The van der Waals surface area contributed by atoms with Gasteiger partial charge in [0, 0.05) is 17.1 Å². The highest BCUT2D eigenvalue weighted by Gasteiger charge is 2.13. The van der Waals surface area contributed by atoms with Crippen LogP contribution < -0.4 is 5.32 Å². The molecule has 0 fully saturated rings. The van der Waals surface area contributed by atoms with Gasteiger partial charge in [0.15, 0.2) is 17.5 Å². The van der Waals surface area contributed by atoms with Crippen molar-refractivity contribution >= 4 is 17.4 Å². The molecule has 0 saturated heterocycles. The quantitative estimate of drug-likeness (QED) is 0.923. The van der Waals surface area contributed by atoms with Crippen molar-refractivity contribution in [3.63, 3.8) is 0 Å². The molecule has 1 N–H and O–H groups in total. The van der Waals surface area contributed by atoms with Gasteiger partial charge in [-0.2, -0.15) is 0 Å². The van der Waals surface area contributed by atoms with Crippen LogP contribution in [0, 0.1) is 19.7 Å². The Morgan fingerprint density at radius 3 is 2.63 bits per heavy atom. The molecule has 19 heavy (non-hydrogen) atoms. The van der Waals surface area contributed by atoms with Gasteiger partial charge in [-0.1, -0.05) is 11.6 Å². The molecule has 0 radical (unpaired) electrons. The molecule has 0 atom stereocenters. The number of nitrogens with zero attached hydrogens (tertiary/aromatic N) is 2. The van der Waals surface area contributed by atoms with Crippen LogP contribution >= 0.6 is 11.6 Å². The van der Waals surface area contributed by atoms with E-state index in [0.717, 1.165) is 11.1 Å². The Morgan fingerprint density at radius 2 is 2.00 bits per heavy atom. The van der Waals surface area contributed by atoms with Crippen molar-refractivity contribution in [1.29, 1.82) is 0 Å². The van der Waals surface area contributed by atoms with E-state index in [4.69, 9.17) is 11.6 Å². The largest absolute Gasteiger partial charge is 0.368 e. The third kappa shape index (κ3) is 2.84. The molecule has 0 bridgehead atoms. The average Bonchev–Trinajstić information content (AvgIpc) is 2.35. The molecule has 5 heteroatoms. The zero-order chi connectivity index (χ0) is 14.0. The molecule has 0 aliphatic rings. The Kier molecular flexibility index (Phi) is 4.00. The fraction of sp³-hybridized carbons (Fsp3) is 0.286. The normalized spacial score (nSPS) is 10.6. The average molecular weight is 280 g/mol. The summed E-state index contributed by atoms with van der Waals surface area (Å²) < 4.78 is 13.8. The van der Waals surface area contributed by atoms with E-state index in [1.807, 2.05) is 26.0 Å². The molecule has 1 aromatic heterocycles. The number of nitrogens with one attached hydrogen (secondary N) is 1. The fourth-order valence-electron chi connectivity index (χ4n) is 1.84. The van der Waals surface area contributed by atoms with Crippen molar-refractivity contribution in [3.8, 4) is 11.4 Å². The van der Waals surface area contributed by atoms with Gasteiger partial charge in [0.25, 0.3) is 0 Å². The van der Waals surface area contributed by atoms with Crippen LogP contribution in [0.1, 0.15) is 18.2 Å². The van der Waals surface area contributed by atoms with Crippen LogP contribution in [-0.2, 0) is 0 Å². The van der Waals surface area contributed by atoms with Gasteiger partial charge in [0.2, 0.25) is 0 Å². The predicted octanol–water partition coefficient (Wildman–Crippen LogP) is 3.98. The molecule has 1 heterocycles. The van der Waals surface area contributed by atoms with Crippen molar-refractivity contribution in [2.24, 2.45) is 0 Å². The van der Waals surface area contributed by atoms with Crippen LogP contribution in [0.25, 0.3) is 11.4 Å². The second kappa shape index (κ2) is 5.53. The lowest BCUT2D eigenvalue weighted by Crippen LogP contribution is -2.07. The summed E-state index contributed by atoms with van der Waals surface area (Å²) in [5.41, 5.74) is 2.14. The van der Waals surface area contributed by atoms with Crippen LogP contribution in [0.4, 0.5) is 10.2 Å². The highest BCUT2D eigenvalue weighted by molar-refractivity contribution is 6.30. The first-order valence-electron chi connectivity index (χ1n) is 6.07. The molecule has 100 valence electrons. The van der Waals surface area contributed by atoms with Crippen LogP contribution in [-0.4, -0.2) is 16.5 Å². The SMILES string of the molecule is CCNc1nc(-c2ccc(Cl)cc2C)nc(C)c1F. The number of hydrogen-bond acceptors (Lipinski definition) is 3. The molecule has 0 amide bonds. The Labute approximate surface area is 116 Å². The molecule has 2 rings (SSSR count). The number of aromatic nitrogens is 2. The lowest BCUT2D eigenvalue weighted by Gasteiger charge is -2.10. The van der Waals surface area contributed by atoms with Gasteiger partial charge < -0.3 is 5.32 Å². The van der Waals surface area contributed by atoms with E-state index < -0.39 is 5.82 Å². The van der Waals surface area contributed by atoms with Crippen molar-refractivity contribution in [3.05, 3.63) is 40.3 Å². The molecule has 0 unspecified atom stereocenters. The summed E-state index contributed by atoms with van der Waals surface area (Å²) in [7, 11) is 0. The summed E-state index contributed by atoms with van der Waals surface area (Å²) in [5.74, 6) is 0.334. The summed E-state index contributed by atoms with van der Waals surface area (Å²) in [4.78, 5) is 8.45. The number of halogens is 2. The first kappa shape index (κ1) is 13.7. The molecule has 1 aromatic carbocycles. The second-order valence-corrected chi connectivity index (χ2v) is 4.72. The molecule has 0 aliphatic carbocycles. The van der Waals surface area contributed by atoms with E-state index in [9.17, 15) is 4.39 Å². The number of aryl methyl sites for hydroxylation is 2. The summed E-state index contributed by atoms with van der Waals surface area (Å²) in [6, 6.07) is 5.46. The lowest BCUT2D eigenvalue weighted by atomic mass is 10.1. The van der Waals surface area contributed by atoms with Crippen LogP contribution in [0.2, 0.25) is 5.02 Å². The van der Waals surface area contributed by atoms with Gasteiger partial charge in [-0.05, 0) is 44.5 Å². The molecule has 3 nitrogen and oxygen atoms in total. The third-order valence-corrected chi connectivity index (χ3v) is 3.03. The molecular formula is C14H15ClFN3. The van der Waals surface area contributed by atoms with E-state index >= 15 is 0 Å². The van der Waals surface area contributed by atoms with Gasteiger partial charge in [-0.15, -0.1) is 0 Å². The minimum Gasteiger partial charge on any atom is -0.368 e.